The Morgan fingerprint density at radius 1 is 1.40 bits per heavy atom. The summed E-state index contributed by atoms with van der Waals surface area (Å²) in [6.45, 7) is 0. The van der Waals surface area contributed by atoms with Gasteiger partial charge in [0, 0.05) is 27.3 Å². The summed E-state index contributed by atoms with van der Waals surface area (Å²) in [5, 5.41) is 10.1. The average molecular weight is 140 g/mol. The Morgan fingerprint density at radius 2 is 2.10 bits per heavy atom. The van der Waals surface area contributed by atoms with Crippen molar-refractivity contribution in [3.63, 3.8) is 0 Å². The average Bonchev–Trinajstić information content (AvgIpc) is 2.30. The van der Waals surface area contributed by atoms with Gasteiger partial charge in [0.05, 0.1) is 5.69 Å². The Balaban J connectivity index is 2.96. The summed E-state index contributed by atoms with van der Waals surface area (Å²) in [6, 6.07) is 0. The molecule has 0 atom stereocenters. The van der Waals surface area contributed by atoms with Gasteiger partial charge in [-0.2, -0.15) is 5.10 Å². The minimum absolute atomic E-state index is 0.880. The van der Waals surface area contributed by atoms with Gasteiger partial charge >= 0.3 is 0 Å². The Morgan fingerprint density at radius 3 is 2.50 bits per heavy atom. The van der Waals surface area contributed by atoms with Crippen LogP contribution in [-0.4, -0.2) is 23.9 Å². The highest BCUT2D eigenvalue weighted by Gasteiger charge is 2.01. The van der Waals surface area contributed by atoms with E-state index in [1.165, 1.54) is 0 Å². The Hall–Kier alpha value is -1.19. The summed E-state index contributed by atoms with van der Waals surface area (Å²) in [5.74, 6) is 0.880. The molecule has 4 heteroatoms. The maximum Gasteiger partial charge on any atom is 0.171 e. The van der Waals surface area contributed by atoms with Crippen molar-refractivity contribution in [2.24, 2.45) is 7.05 Å². The molecule has 10 heavy (non-hydrogen) atoms. The van der Waals surface area contributed by atoms with Crippen LogP contribution in [0.3, 0.4) is 0 Å². The zero-order chi connectivity index (χ0) is 7.56. The second-order valence-electron chi connectivity index (χ2n) is 2.07. The fraction of sp³-hybridized carbons (Fsp3) is 0.500. The van der Waals surface area contributed by atoms with Crippen LogP contribution in [0.25, 0.3) is 0 Å². The predicted molar refractivity (Wildman–Crippen MR) is 42.3 cm³/mol. The summed E-state index contributed by atoms with van der Waals surface area (Å²) in [4.78, 5) is 0. The van der Waals surface area contributed by atoms with E-state index in [-0.39, 0.29) is 0 Å². The first-order valence-electron chi connectivity index (χ1n) is 3.17. The second kappa shape index (κ2) is 2.60. The number of nitrogens with zero attached hydrogens (tertiary/aromatic N) is 2. The first-order valence-corrected chi connectivity index (χ1v) is 3.17. The first-order chi connectivity index (χ1) is 4.77. The molecular weight excluding hydrogens is 128 g/mol. The van der Waals surface area contributed by atoms with Crippen LogP contribution in [0.5, 0.6) is 0 Å². The summed E-state index contributed by atoms with van der Waals surface area (Å²) in [7, 11) is 5.61. The molecule has 0 aliphatic heterocycles. The van der Waals surface area contributed by atoms with Gasteiger partial charge in [0.15, 0.2) is 5.82 Å². The van der Waals surface area contributed by atoms with E-state index in [2.05, 4.69) is 15.7 Å². The van der Waals surface area contributed by atoms with E-state index in [9.17, 15) is 0 Å². The lowest BCUT2D eigenvalue weighted by atomic mass is 10.5. The molecule has 0 amide bonds. The lowest BCUT2D eigenvalue weighted by Crippen LogP contribution is -1.94. The van der Waals surface area contributed by atoms with Crippen molar-refractivity contribution in [2.45, 2.75) is 0 Å². The third kappa shape index (κ3) is 1.05. The predicted octanol–water partition coefficient (Wildman–Crippen LogP) is 0.503. The van der Waals surface area contributed by atoms with Crippen molar-refractivity contribution >= 4 is 11.5 Å². The number of aryl methyl sites for hydroxylation is 1. The Bertz CT molecular complexity index is 194. The standard InChI is InChI=1S/C6H12N4/c1-7-5-4-10(3)9-6(5)8-2/h4,7H,1-3H3,(H,8,9). The Labute approximate surface area is 60.2 Å². The van der Waals surface area contributed by atoms with Crippen LogP contribution < -0.4 is 10.6 Å². The fourth-order valence-electron chi connectivity index (χ4n) is 0.856. The monoisotopic (exact) mass is 140 g/mol. The van der Waals surface area contributed by atoms with Crippen molar-refractivity contribution < 1.29 is 0 Å². The number of rotatable bonds is 2. The molecule has 4 nitrogen and oxygen atoms in total. The van der Waals surface area contributed by atoms with Gasteiger partial charge < -0.3 is 10.6 Å². The van der Waals surface area contributed by atoms with Gasteiger partial charge in [-0.05, 0) is 0 Å². The molecule has 0 spiro atoms. The lowest BCUT2D eigenvalue weighted by molar-refractivity contribution is 0.770. The smallest absolute Gasteiger partial charge is 0.171 e. The molecule has 0 saturated carbocycles. The highest BCUT2D eigenvalue weighted by Crippen LogP contribution is 2.16. The van der Waals surface area contributed by atoms with Gasteiger partial charge in [0.1, 0.15) is 0 Å². The van der Waals surface area contributed by atoms with E-state index < -0.39 is 0 Å². The van der Waals surface area contributed by atoms with E-state index in [0.717, 1.165) is 11.5 Å². The van der Waals surface area contributed by atoms with Crippen LogP contribution in [0.15, 0.2) is 6.20 Å². The van der Waals surface area contributed by atoms with Crippen LogP contribution >= 0.6 is 0 Å². The first kappa shape index (κ1) is 6.92. The lowest BCUT2D eigenvalue weighted by Gasteiger charge is -1.96. The number of anilines is 2. The third-order valence-corrected chi connectivity index (χ3v) is 1.33. The number of aromatic nitrogens is 2. The highest BCUT2D eigenvalue weighted by molar-refractivity contribution is 5.62. The van der Waals surface area contributed by atoms with E-state index in [0.29, 0.717) is 0 Å². The van der Waals surface area contributed by atoms with Gasteiger partial charge in [-0.3, -0.25) is 4.68 Å². The SMILES string of the molecule is CNc1cn(C)nc1NC. The zero-order valence-corrected chi connectivity index (χ0v) is 6.47. The molecule has 56 valence electrons. The van der Waals surface area contributed by atoms with Crippen LogP contribution in [0, 0.1) is 0 Å². The molecule has 1 heterocycles. The quantitative estimate of drug-likeness (QED) is 0.628. The molecule has 0 aliphatic carbocycles. The molecule has 2 N–H and O–H groups in total. The number of hydrogen-bond donors (Lipinski definition) is 2. The molecule has 1 aromatic rings. The van der Waals surface area contributed by atoms with Crippen molar-refractivity contribution in [3.05, 3.63) is 6.20 Å². The largest absolute Gasteiger partial charge is 0.384 e. The summed E-state index contributed by atoms with van der Waals surface area (Å²) in [5.41, 5.74) is 1.02. The van der Waals surface area contributed by atoms with Crippen molar-refractivity contribution in [3.8, 4) is 0 Å². The van der Waals surface area contributed by atoms with Crippen molar-refractivity contribution in [2.75, 3.05) is 24.7 Å². The fourth-order valence-corrected chi connectivity index (χ4v) is 0.856. The minimum atomic E-state index is 0.880. The van der Waals surface area contributed by atoms with E-state index in [1.807, 2.05) is 27.3 Å². The molecule has 1 aromatic heterocycles. The van der Waals surface area contributed by atoms with Crippen LogP contribution in [0.4, 0.5) is 11.5 Å². The molecule has 0 aromatic carbocycles. The molecule has 0 unspecified atom stereocenters. The molecule has 0 radical (unpaired) electrons. The van der Waals surface area contributed by atoms with Gasteiger partial charge in [-0.15, -0.1) is 0 Å². The van der Waals surface area contributed by atoms with Gasteiger partial charge in [0.25, 0.3) is 0 Å². The number of hydrogen-bond acceptors (Lipinski definition) is 3. The molecular formula is C6H12N4. The van der Waals surface area contributed by atoms with Crippen LogP contribution in [0.2, 0.25) is 0 Å². The number of nitrogens with one attached hydrogen (secondary N) is 2. The normalized spacial score (nSPS) is 9.50. The zero-order valence-electron chi connectivity index (χ0n) is 6.47. The molecule has 0 saturated heterocycles. The topological polar surface area (TPSA) is 41.9 Å². The van der Waals surface area contributed by atoms with E-state index >= 15 is 0 Å². The van der Waals surface area contributed by atoms with E-state index in [4.69, 9.17) is 0 Å². The Kier molecular flexibility index (Phi) is 1.80. The second-order valence-corrected chi connectivity index (χ2v) is 2.07. The molecule has 0 bridgehead atoms. The van der Waals surface area contributed by atoms with Crippen LogP contribution in [0.1, 0.15) is 0 Å². The van der Waals surface area contributed by atoms with Crippen molar-refractivity contribution in [1.82, 2.24) is 9.78 Å². The van der Waals surface area contributed by atoms with Crippen molar-refractivity contribution in [1.29, 1.82) is 0 Å². The van der Waals surface area contributed by atoms with Gasteiger partial charge in [-0.1, -0.05) is 0 Å². The van der Waals surface area contributed by atoms with Gasteiger partial charge in [0.2, 0.25) is 0 Å². The van der Waals surface area contributed by atoms with Gasteiger partial charge in [-0.25, -0.2) is 0 Å². The molecule has 0 fully saturated rings. The van der Waals surface area contributed by atoms with E-state index in [1.54, 1.807) is 4.68 Å². The minimum Gasteiger partial charge on any atom is -0.384 e. The van der Waals surface area contributed by atoms with Crippen LogP contribution in [-0.2, 0) is 7.05 Å². The maximum atomic E-state index is 4.14. The summed E-state index contributed by atoms with van der Waals surface area (Å²) >= 11 is 0. The summed E-state index contributed by atoms with van der Waals surface area (Å²) in [6.07, 6.45) is 1.92. The molecule has 1 rings (SSSR count). The highest BCUT2D eigenvalue weighted by atomic mass is 15.3. The molecule has 0 aliphatic rings. The maximum absolute atomic E-state index is 4.14. The third-order valence-electron chi connectivity index (χ3n) is 1.33. The summed E-state index contributed by atoms with van der Waals surface area (Å²) < 4.78 is 1.76.